The molecule has 0 spiro atoms. The van der Waals surface area contributed by atoms with Crippen LogP contribution in [0.4, 0.5) is 5.69 Å². The van der Waals surface area contributed by atoms with Gasteiger partial charge >= 0.3 is 0 Å². The van der Waals surface area contributed by atoms with Gasteiger partial charge in [-0.3, -0.25) is 14.3 Å². The lowest BCUT2D eigenvalue weighted by Gasteiger charge is -2.03. The highest BCUT2D eigenvalue weighted by molar-refractivity contribution is 5.98. The number of rotatable bonds is 4. The first-order valence-electron chi connectivity index (χ1n) is 6.63. The van der Waals surface area contributed by atoms with Crippen molar-refractivity contribution in [1.29, 1.82) is 0 Å². The Morgan fingerprint density at radius 1 is 1.32 bits per heavy atom. The zero-order valence-corrected chi connectivity index (χ0v) is 11.9. The topological polar surface area (TPSA) is 93.3 Å². The second-order valence-electron chi connectivity index (χ2n) is 4.73. The minimum atomic E-state index is -0.398. The molecule has 0 aliphatic carbocycles. The van der Waals surface area contributed by atoms with Crippen molar-refractivity contribution in [2.45, 2.75) is 0 Å². The van der Waals surface area contributed by atoms with Gasteiger partial charge in [0.2, 0.25) is 5.91 Å². The summed E-state index contributed by atoms with van der Waals surface area (Å²) in [5.74, 6) is -0.727. The first-order valence-corrected chi connectivity index (χ1v) is 6.63. The molecule has 3 rings (SSSR count). The summed E-state index contributed by atoms with van der Waals surface area (Å²) in [6.07, 6.45) is 4.95. The largest absolute Gasteiger partial charge is 0.342 e. The molecule has 0 saturated carbocycles. The van der Waals surface area contributed by atoms with Crippen LogP contribution in [0.1, 0.15) is 10.5 Å². The molecule has 0 bridgehead atoms. The van der Waals surface area contributed by atoms with Crippen LogP contribution in [0, 0.1) is 0 Å². The lowest BCUT2D eigenvalue weighted by atomic mass is 10.3. The van der Waals surface area contributed by atoms with Crippen LogP contribution in [-0.2, 0) is 11.8 Å². The minimum Gasteiger partial charge on any atom is -0.342 e. The van der Waals surface area contributed by atoms with E-state index in [9.17, 15) is 9.59 Å². The van der Waals surface area contributed by atoms with Gasteiger partial charge in [0.1, 0.15) is 0 Å². The number of aryl methyl sites for hydroxylation is 1. The van der Waals surface area contributed by atoms with Crippen LogP contribution in [0.3, 0.4) is 0 Å². The molecule has 3 aromatic heterocycles. The molecule has 0 radical (unpaired) electrons. The van der Waals surface area contributed by atoms with Crippen LogP contribution in [-0.4, -0.2) is 37.8 Å². The van der Waals surface area contributed by atoms with Crippen LogP contribution in [0.2, 0.25) is 0 Å². The van der Waals surface area contributed by atoms with Gasteiger partial charge in [-0.2, -0.15) is 10.2 Å². The standard InChI is InChI=1S/C14H14N6O2/c1-19-9-10(7-16-19)17-13(21)8-15-14(22)12-6-11-4-2-3-5-20(11)18-12/h2-7,9H,8H2,1H3,(H,15,22)(H,17,21). The number of carbonyl (C=O) groups is 2. The third kappa shape index (κ3) is 2.95. The highest BCUT2D eigenvalue weighted by Gasteiger charge is 2.12. The molecule has 8 heteroatoms. The Morgan fingerprint density at radius 3 is 2.91 bits per heavy atom. The van der Waals surface area contributed by atoms with Gasteiger partial charge < -0.3 is 10.6 Å². The Balaban J connectivity index is 1.58. The van der Waals surface area contributed by atoms with Crippen molar-refractivity contribution >= 4 is 23.0 Å². The monoisotopic (exact) mass is 298 g/mol. The van der Waals surface area contributed by atoms with Gasteiger partial charge in [0.15, 0.2) is 5.69 Å². The van der Waals surface area contributed by atoms with Gasteiger partial charge in [-0.15, -0.1) is 0 Å². The summed E-state index contributed by atoms with van der Waals surface area (Å²) in [5, 5.41) is 13.2. The molecule has 0 saturated heterocycles. The number of hydrogen-bond acceptors (Lipinski definition) is 4. The van der Waals surface area contributed by atoms with E-state index >= 15 is 0 Å². The maximum absolute atomic E-state index is 12.0. The number of nitrogens with one attached hydrogen (secondary N) is 2. The van der Waals surface area contributed by atoms with E-state index in [0.29, 0.717) is 5.69 Å². The van der Waals surface area contributed by atoms with E-state index in [2.05, 4.69) is 20.8 Å². The van der Waals surface area contributed by atoms with Crippen LogP contribution in [0.25, 0.3) is 5.52 Å². The van der Waals surface area contributed by atoms with Gasteiger partial charge in [0, 0.05) is 19.4 Å². The Kier molecular flexibility index (Phi) is 3.57. The summed E-state index contributed by atoms with van der Waals surface area (Å²) in [5.41, 5.74) is 1.65. The molecule has 0 aliphatic rings. The van der Waals surface area contributed by atoms with E-state index in [4.69, 9.17) is 0 Å². The average Bonchev–Trinajstić information content (AvgIpc) is 3.10. The maximum atomic E-state index is 12.0. The molecule has 0 aliphatic heterocycles. The quantitative estimate of drug-likeness (QED) is 0.730. The van der Waals surface area contributed by atoms with Gasteiger partial charge in [0.05, 0.1) is 23.9 Å². The summed E-state index contributed by atoms with van der Waals surface area (Å²) in [6.45, 7) is -0.137. The second-order valence-corrected chi connectivity index (χ2v) is 4.73. The molecule has 8 nitrogen and oxygen atoms in total. The lowest BCUT2D eigenvalue weighted by Crippen LogP contribution is -2.33. The normalized spacial score (nSPS) is 10.6. The SMILES string of the molecule is Cn1cc(NC(=O)CNC(=O)c2cc3ccccn3n2)cn1. The Morgan fingerprint density at radius 2 is 2.18 bits per heavy atom. The molecule has 0 atom stereocenters. The van der Waals surface area contributed by atoms with Crippen LogP contribution in [0.5, 0.6) is 0 Å². The van der Waals surface area contributed by atoms with Gasteiger partial charge in [-0.05, 0) is 18.2 Å². The predicted octanol–water partition coefficient (Wildman–Crippen LogP) is 0.436. The van der Waals surface area contributed by atoms with Crippen molar-refractivity contribution in [3.8, 4) is 0 Å². The number of fused-ring (bicyclic) bond motifs is 1. The first kappa shape index (κ1) is 13.8. The fourth-order valence-corrected chi connectivity index (χ4v) is 1.99. The third-order valence-electron chi connectivity index (χ3n) is 3.00. The highest BCUT2D eigenvalue weighted by Crippen LogP contribution is 2.06. The number of aromatic nitrogens is 4. The smallest absolute Gasteiger partial charge is 0.272 e. The summed E-state index contributed by atoms with van der Waals surface area (Å²) in [6, 6.07) is 7.19. The first-order chi connectivity index (χ1) is 10.6. The zero-order chi connectivity index (χ0) is 15.5. The minimum absolute atomic E-state index is 0.137. The van der Waals surface area contributed by atoms with E-state index in [1.165, 1.54) is 6.20 Å². The summed E-state index contributed by atoms with van der Waals surface area (Å²) >= 11 is 0. The zero-order valence-electron chi connectivity index (χ0n) is 11.9. The van der Waals surface area contributed by atoms with Crippen molar-refractivity contribution in [3.63, 3.8) is 0 Å². The lowest BCUT2D eigenvalue weighted by molar-refractivity contribution is -0.115. The van der Waals surface area contributed by atoms with Crippen molar-refractivity contribution < 1.29 is 9.59 Å². The van der Waals surface area contributed by atoms with E-state index < -0.39 is 5.91 Å². The molecule has 2 amide bonds. The number of pyridine rings is 1. The van der Waals surface area contributed by atoms with Crippen molar-refractivity contribution in [2.24, 2.45) is 7.05 Å². The van der Waals surface area contributed by atoms with Crippen molar-refractivity contribution in [1.82, 2.24) is 24.7 Å². The molecule has 0 unspecified atom stereocenters. The predicted molar refractivity (Wildman–Crippen MR) is 79.4 cm³/mol. The van der Waals surface area contributed by atoms with E-state index in [0.717, 1.165) is 5.52 Å². The number of carbonyl (C=O) groups excluding carboxylic acids is 2. The van der Waals surface area contributed by atoms with Crippen molar-refractivity contribution in [2.75, 3.05) is 11.9 Å². The van der Waals surface area contributed by atoms with Gasteiger partial charge in [-0.25, -0.2) is 4.52 Å². The van der Waals surface area contributed by atoms with Crippen molar-refractivity contribution in [3.05, 3.63) is 48.5 Å². The summed E-state index contributed by atoms with van der Waals surface area (Å²) in [7, 11) is 1.75. The highest BCUT2D eigenvalue weighted by atomic mass is 16.2. The third-order valence-corrected chi connectivity index (χ3v) is 3.00. The van der Waals surface area contributed by atoms with Crippen LogP contribution in [0.15, 0.2) is 42.9 Å². The van der Waals surface area contributed by atoms with Crippen LogP contribution >= 0.6 is 0 Å². The number of anilines is 1. The maximum Gasteiger partial charge on any atom is 0.272 e. The Bertz CT molecular complexity index is 802. The van der Waals surface area contributed by atoms with E-state index in [1.807, 2.05) is 18.2 Å². The average molecular weight is 298 g/mol. The van der Waals surface area contributed by atoms with Gasteiger partial charge in [0.25, 0.3) is 5.91 Å². The molecule has 0 fully saturated rings. The summed E-state index contributed by atoms with van der Waals surface area (Å²) < 4.78 is 3.18. The molecule has 2 N–H and O–H groups in total. The number of nitrogens with zero attached hydrogens (tertiary/aromatic N) is 4. The molecule has 22 heavy (non-hydrogen) atoms. The molecule has 3 heterocycles. The number of amides is 2. The molecule has 0 aromatic carbocycles. The second kappa shape index (κ2) is 5.68. The molecular formula is C14H14N6O2. The molecule has 112 valence electrons. The number of hydrogen-bond donors (Lipinski definition) is 2. The fraction of sp³-hybridized carbons (Fsp3) is 0.143. The Labute approximate surface area is 125 Å². The fourth-order valence-electron chi connectivity index (χ4n) is 1.99. The van der Waals surface area contributed by atoms with Crippen LogP contribution < -0.4 is 10.6 Å². The Hall–Kier alpha value is -3.16. The molecular weight excluding hydrogens is 284 g/mol. The van der Waals surface area contributed by atoms with E-state index in [-0.39, 0.29) is 18.1 Å². The molecule has 3 aromatic rings. The summed E-state index contributed by atoms with van der Waals surface area (Å²) in [4.78, 5) is 23.7. The van der Waals surface area contributed by atoms with Gasteiger partial charge in [-0.1, -0.05) is 6.07 Å². The van der Waals surface area contributed by atoms with E-state index in [1.54, 1.807) is 34.7 Å².